The van der Waals surface area contributed by atoms with Crippen molar-refractivity contribution in [1.82, 2.24) is 10.3 Å². The predicted octanol–water partition coefficient (Wildman–Crippen LogP) is 3.16. The van der Waals surface area contributed by atoms with E-state index in [1.54, 1.807) is 37.4 Å². The van der Waals surface area contributed by atoms with Gasteiger partial charge in [-0.15, -0.1) is 0 Å². The van der Waals surface area contributed by atoms with Crippen LogP contribution in [0.4, 0.5) is 10.1 Å². The monoisotopic (exact) mass is 339 g/mol. The molecule has 0 radical (unpaired) electrons. The molecule has 3 rings (SSSR count). The largest absolute Gasteiger partial charge is 0.358 e. The quantitative estimate of drug-likeness (QED) is 0.683. The van der Waals surface area contributed by atoms with Gasteiger partial charge in [0, 0.05) is 34.9 Å². The van der Waals surface area contributed by atoms with Crippen molar-refractivity contribution in [3.63, 3.8) is 0 Å². The van der Waals surface area contributed by atoms with Gasteiger partial charge in [-0.1, -0.05) is 0 Å². The number of carbonyl (C=O) groups excluding carboxylic acids is 2. The van der Waals surface area contributed by atoms with Crippen LogP contribution < -0.4 is 10.6 Å². The van der Waals surface area contributed by atoms with Crippen molar-refractivity contribution in [2.24, 2.45) is 0 Å². The van der Waals surface area contributed by atoms with Crippen molar-refractivity contribution < 1.29 is 14.0 Å². The molecule has 0 aliphatic rings. The number of aromatic amines is 1. The first-order valence-electron chi connectivity index (χ1n) is 7.86. The van der Waals surface area contributed by atoms with Gasteiger partial charge in [0.2, 0.25) is 5.91 Å². The van der Waals surface area contributed by atoms with Crippen LogP contribution in [0.1, 0.15) is 21.6 Å². The van der Waals surface area contributed by atoms with Crippen LogP contribution in [-0.4, -0.2) is 23.8 Å². The van der Waals surface area contributed by atoms with Crippen molar-refractivity contribution in [3.8, 4) is 0 Å². The minimum Gasteiger partial charge on any atom is -0.358 e. The molecular weight excluding hydrogens is 321 g/mol. The summed E-state index contributed by atoms with van der Waals surface area (Å²) in [5.41, 5.74) is 3.53. The fraction of sp³-hybridized carbons (Fsp3) is 0.158. The van der Waals surface area contributed by atoms with E-state index in [4.69, 9.17) is 0 Å². The normalized spacial score (nSPS) is 10.7. The van der Waals surface area contributed by atoms with Gasteiger partial charge in [-0.2, -0.15) is 0 Å². The Morgan fingerprint density at radius 2 is 1.84 bits per heavy atom. The molecule has 1 heterocycles. The van der Waals surface area contributed by atoms with Crippen molar-refractivity contribution in [3.05, 3.63) is 65.1 Å². The van der Waals surface area contributed by atoms with Crippen molar-refractivity contribution in [2.75, 3.05) is 12.4 Å². The van der Waals surface area contributed by atoms with E-state index in [-0.39, 0.29) is 24.1 Å². The number of nitrogens with one attached hydrogen (secondary N) is 3. The third-order valence-corrected chi connectivity index (χ3v) is 4.08. The number of amides is 2. The molecule has 3 aromatic rings. The van der Waals surface area contributed by atoms with Crippen LogP contribution in [0.25, 0.3) is 10.9 Å². The Bertz CT molecular complexity index is 945. The minimum atomic E-state index is -0.335. The summed E-state index contributed by atoms with van der Waals surface area (Å²) in [5, 5.41) is 6.04. The maximum absolute atomic E-state index is 13.5. The van der Waals surface area contributed by atoms with E-state index in [0.29, 0.717) is 16.6 Å². The van der Waals surface area contributed by atoms with Crippen LogP contribution in [0.15, 0.2) is 42.5 Å². The summed E-state index contributed by atoms with van der Waals surface area (Å²) in [4.78, 5) is 27.0. The first-order chi connectivity index (χ1) is 12.0. The third-order valence-electron chi connectivity index (χ3n) is 4.08. The smallest absolute Gasteiger partial charge is 0.251 e. The third kappa shape index (κ3) is 3.52. The maximum atomic E-state index is 13.5. The zero-order valence-electron chi connectivity index (χ0n) is 13.9. The average molecular weight is 339 g/mol. The summed E-state index contributed by atoms with van der Waals surface area (Å²) in [6.07, 6.45) is 0.131. The van der Waals surface area contributed by atoms with Crippen LogP contribution in [0.3, 0.4) is 0 Å². The summed E-state index contributed by atoms with van der Waals surface area (Å²) >= 11 is 0. The molecule has 0 saturated heterocycles. The van der Waals surface area contributed by atoms with Crippen molar-refractivity contribution >= 4 is 28.4 Å². The van der Waals surface area contributed by atoms with Crippen LogP contribution in [-0.2, 0) is 11.2 Å². The molecule has 0 spiro atoms. The Labute approximate surface area is 144 Å². The summed E-state index contributed by atoms with van der Waals surface area (Å²) in [5.74, 6) is -0.728. The van der Waals surface area contributed by atoms with Crippen LogP contribution in [0, 0.1) is 12.7 Å². The molecule has 0 aliphatic carbocycles. The first-order valence-corrected chi connectivity index (χ1v) is 7.86. The topological polar surface area (TPSA) is 74.0 Å². The molecule has 2 amide bonds. The lowest BCUT2D eigenvalue weighted by Crippen LogP contribution is -2.18. The highest BCUT2D eigenvalue weighted by Gasteiger charge is 2.13. The molecule has 3 N–H and O–H groups in total. The van der Waals surface area contributed by atoms with E-state index >= 15 is 0 Å². The minimum absolute atomic E-state index is 0.131. The van der Waals surface area contributed by atoms with Gasteiger partial charge in [0.05, 0.1) is 6.42 Å². The number of hydrogen-bond donors (Lipinski definition) is 3. The number of H-pyrrole nitrogens is 1. The lowest BCUT2D eigenvalue weighted by Gasteiger charge is -2.07. The van der Waals surface area contributed by atoms with E-state index in [9.17, 15) is 14.0 Å². The van der Waals surface area contributed by atoms with Gasteiger partial charge in [-0.05, 0) is 55.0 Å². The molecule has 6 heteroatoms. The second-order valence-electron chi connectivity index (χ2n) is 5.80. The molecule has 5 nitrogen and oxygen atoms in total. The molecule has 2 aromatic carbocycles. The number of carbonyl (C=O) groups is 2. The highest BCUT2D eigenvalue weighted by atomic mass is 19.1. The zero-order valence-corrected chi connectivity index (χ0v) is 13.9. The molecule has 128 valence electrons. The number of benzene rings is 2. The second kappa shape index (κ2) is 6.76. The molecular formula is C19H18FN3O2. The SMILES string of the molecule is CNC(=O)c1ccc(NC(=O)Cc2c(C)[nH]c3ccc(F)cc23)cc1. The van der Waals surface area contributed by atoms with Gasteiger partial charge in [-0.3, -0.25) is 9.59 Å². The number of halogens is 1. The fourth-order valence-electron chi connectivity index (χ4n) is 2.80. The summed E-state index contributed by atoms with van der Waals surface area (Å²) in [6, 6.07) is 11.1. The molecule has 0 atom stereocenters. The first kappa shape index (κ1) is 16.7. The number of fused-ring (bicyclic) bond motifs is 1. The van der Waals surface area contributed by atoms with Gasteiger partial charge < -0.3 is 15.6 Å². The van der Waals surface area contributed by atoms with Gasteiger partial charge in [0.25, 0.3) is 5.91 Å². The Balaban J connectivity index is 1.76. The van der Waals surface area contributed by atoms with Crippen LogP contribution in [0.2, 0.25) is 0 Å². The number of rotatable bonds is 4. The van der Waals surface area contributed by atoms with Crippen LogP contribution in [0.5, 0.6) is 0 Å². The van der Waals surface area contributed by atoms with E-state index in [1.165, 1.54) is 12.1 Å². The van der Waals surface area contributed by atoms with E-state index < -0.39 is 0 Å². The lowest BCUT2D eigenvalue weighted by molar-refractivity contribution is -0.115. The second-order valence-corrected chi connectivity index (χ2v) is 5.80. The predicted molar refractivity (Wildman–Crippen MR) is 95.2 cm³/mol. The maximum Gasteiger partial charge on any atom is 0.251 e. The fourth-order valence-corrected chi connectivity index (χ4v) is 2.80. The van der Waals surface area contributed by atoms with Crippen molar-refractivity contribution in [2.45, 2.75) is 13.3 Å². The van der Waals surface area contributed by atoms with Gasteiger partial charge >= 0.3 is 0 Å². The Hall–Kier alpha value is -3.15. The standard InChI is InChI=1S/C19H18FN3O2/c1-11-15(16-9-13(20)5-8-17(16)22-11)10-18(24)23-14-6-3-12(4-7-14)19(25)21-2/h3-9,22H,10H2,1-2H3,(H,21,25)(H,23,24). The van der Waals surface area contributed by atoms with Crippen molar-refractivity contribution in [1.29, 1.82) is 0 Å². The highest BCUT2D eigenvalue weighted by molar-refractivity contribution is 5.97. The lowest BCUT2D eigenvalue weighted by atomic mass is 10.1. The molecule has 0 bridgehead atoms. The molecule has 25 heavy (non-hydrogen) atoms. The number of aromatic nitrogens is 1. The van der Waals surface area contributed by atoms with E-state index in [0.717, 1.165) is 16.8 Å². The van der Waals surface area contributed by atoms with Gasteiger partial charge in [0.15, 0.2) is 0 Å². The van der Waals surface area contributed by atoms with Gasteiger partial charge in [0.1, 0.15) is 5.82 Å². The molecule has 0 aliphatic heterocycles. The molecule has 0 saturated carbocycles. The highest BCUT2D eigenvalue weighted by Crippen LogP contribution is 2.24. The molecule has 0 fully saturated rings. The Morgan fingerprint density at radius 3 is 2.52 bits per heavy atom. The van der Waals surface area contributed by atoms with Gasteiger partial charge in [-0.25, -0.2) is 4.39 Å². The molecule has 1 aromatic heterocycles. The van der Waals surface area contributed by atoms with E-state index in [1.807, 2.05) is 6.92 Å². The average Bonchev–Trinajstić information content (AvgIpc) is 2.90. The van der Waals surface area contributed by atoms with Crippen LogP contribution >= 0.6 is 0 Å². The van der Waals surface area contributed by atoms with E-state index in [2.05, 4.69) is 15.6 Å². The summed E-state index contributed by atoms with van der Waals surface area (Å²) in [6.45, 7) is 1.86. The number of anilines is 1. The number of aryl methyl sites for hydroxylation is 1. The number of hydrogen-bond acceptors (Lipinski definition) is 2. The summed E-state index contributed by atoms with van der Waals surface area (Å²) in [7, 11) is 1.56. The summed E-state index contributed by atoms with van der Waals surface area (Å²) < 4.78 is 13.5. The Morgan fingerprint density at radius 1 is 1.12 bits per heavy atom. The molecule has 0 unspecified atom stereocenters. The zero-order chi connectivity index (χ0) is 18.0. The Kier molecular flexibility index (Phi) is 4.52.